The second-order valence-electron chi connectivity index (χ2n) is 7.98. The third kappa shape index (κ3) is 14.3. The van der Waals surface area contributed by atoms with Crippen LogP contribution in [0.15, 0.2) is 4.99 Å². The Balaban J connectivity index is 5.32. The summed E-state index contributed by atoms with van der Waals surface area (Å²) in [6.45, 7) is 0.640. The number of carbonyl (C=O) groups is 5. The number of thiol groups is 1. The van der Waals surface area contributed by atoms with Crippen molar-refractivity contribution in [1.29, 1.82) is 0 Å². The zero-order valence-electron chi connectivity index (χ0n) is 20.0. The Labute approximate surface area is 214 Å². The minimum atomic E-state index is -1.48. The molecule has 0 heterocycles. The third-order valence-electron chi connectivity index (χ3n) is 4.96. The number of carbonyl (C=O) groups excluding carboxylic acids is 3. The summed E-state index contributed by atoms with van der Waals surface area (Å²) in [5.74, 6) is -5.16. The van der Waals surface area contributed by atoms with Crippen LogP contribution in [-0.4, -0.2) is 88.8 Å². The average Bonchev–Trinajstić information content (AvgIpc) is 2.80. The largest absolute Gasteiger partial charge is 0.481 e. The van der Waals surface area contributed by atoms with Crippen LogP contribution in [0.2, 0.25) is 0 Å². The fraction of sp³-hybridized carbons (Fsp3) is 0.700. The lowest BCUT2D eigenvalue weighted by Crippen LogP contribution is -2.57. The summed E-state index contributed by atoms with van der Waals surface area (Å²) in [5, 5.41) is 25.2. The van der Waals surface area contributed by atoms with Gasteiger partial charge in [-0.2, -0.15) is 12.6 Å². The van der Waals surface area contributed by atoms with Crippen LogP contribution >= 0.6 is 12.6 Å². The van der Waals surface area contributed by atoms with Gasteiger partial charge in [0.05, 0.1) is 6.04 Å². The van der Waals surface area contributed by atoms with Gasteiger partial charge in [0.2, 0.25) is 17.7 Å². The van der Waals surface area contributed by atoms with E-state index in [-0.39, 0.29) is 31.1 Å². The number of nitrogens with one attached hydrogen (secondary N) is 3. The predicted molar refractivity (Wildman–Crippen MR) is 135 cm³/mol. The highest BCUT2D eigenvalue weighted by molar-refractivity contribution is 7.80. The molecule has 0 saturated carbocycles. The van der Waals surface area contributed by atoms with Gasteiger partial charge in [0.25, 0.3) is 0 Å². The molecular weight excluding hydrogens is 496 g/mol. The molecule has 0 aliphatic carbocycles. The molecule has 15 nitrogen and oxygen atoms in total. The molecule has 4 atom stereocenters. The van der Waals surface area contributed by atoms with E-state index in [2.05, 4.69) is 33.6 Å². The van der Waals surface area contributed by atoms with Crippen molar-refractivity contribution in [2.24, 2.45) is 27.9 Å². The van der Waals surface area contributed by atoms with E-state index in [9.17, 15) is 29.1 Å². The summed E-state index contributed by atoms with van der Waals surface area (Å²) < 4.78 is 0. The number of carboxylic acids is 2. The van der Waals surface area contributed by atoms with E-state index in [1.807, 2.05) is 0 Å². The van der Waals surface area contributed by atoms with Crippen molar-refractivity contribution in [1.82, 2.24) is 16.0 Å². The van der Waals surface area contributed by atoms with Crippen molar-refractivity contribution in [3.63, 3.8) is 0 Å². The topological polar surface area (TPSA) is 278 Å². The molecule has 0 aromatic heterocycles. The molecular formula is C20H38N8O7S. The average molecular weight is 535 g/mol. The number of aliphatic imine (C=N–C) groups is 1. The fourth-order valence-electron chi connectivity index (χ4n) is 2.95. The predicted octanol–water partition coefficient (Wildman–Crippen LogP) is -3.17. The third-order valence-corrected chi connectivity index (χ3v) is 5.33. The molecule has 36 heavy (non-hydrogen) atoms. The number of hydrogen-bond donors (Lipinski definition) is 10. The number of carboxylic acid groups (broad SMARTS) is 2. The Hall–Kier alpha value is -3.11. The van der Waals surface area contributed by atoms with Gasteiger partial charge in [-0.25, -0.2) is 4.79 Å². The number of unbranched alkanes of at least 4 members (excludes halogenated alkanes) is 1. The second-order valence-corrected chi connectivity index (χ2v) is 8.34. The van der Waals surface area contributed by atoms with E-state index in [0.717, 1.165) is 0 Å². The molecule has 206 valence electrons. The maximum Gasteiger partial charge on any atom is 0.326 e. The van der Waals surface area contributed by atoms with Gasteiger partial charge in [0.15, 0.2) is 5.96 Å². The standard InChI is InChI=1S/C20H38N8O7S/c21-8-2-1-4-11(22)16(31)26-12(5-3-9-25-20(23)24)17(32)28-14(10-36)18(33)27-13(19(34)35)6-7-15(29)30/h11-14,36H,1-10,21-22H2,(H,26,31)(H,27,33)(H,28,32)(H,29,30)(H,34,35)(H4,23,24,25). The van der Waals surface area contributed by atoms with E-state index >= 15 is 0 Å². The second kappa shape index (κ2) is 18.2. The fourth-order valence-corrected chi connectivity index (χ4v) is 3.21. The zero-order chi connectivity index (χ0) is 27.7. The molecule has 13 N–H and O–H groups in total. The van der Waals surface area contributed by atoms with Crippen molar-refractivity contribution < 1.29 is 34.2 Å². The molecule has 0 aromatic carbocycles. The van der Waals surface area contributed by atoms with E-state index in [1.54, 1.807) is 0 Å². The number of aliphatic carboxylic acids is 2. The molecule has 0 aliphatic rings. The van der Waals surface area contributed by atoms with Crippen LogP contribution < -0.4 is 38.9 Å². The first kappa shape index (κ1) is 32.9. The van der Waals surface area contributed by atoms with Gasteiger partial charge in [-0.3, -0.25) is 24.2 Å². The van der Waals surface area contributed by atoms with Gasteiger partial charge in [-0.15, -0.1) is 0 Å². The summed E-state index contributed by atoms with van der Waals surface area (Å²) in [4.78, 5) is 63.9. The van der Waals surface area contributed by atoms with E-state index in [1.165, 1.54) is 0 Å². The van der Waals surface area contributed by atoms with Crippen LogP contribution in [0.5, 0.6) is 0 Å². The van der Waals surface area contributed by atoms with Gasteiger partial charge >= 0.3 is 11.9 Å². The van der Waals surface area contributed by atoms with Crippen molar-refractivity contribution in [2.75, 3.05) is 18.8 Å². The smallest absolute Gasteiger partial charge is 0.326 e. The minimum absolute atomic E-state index is 0.112. The summed E-state index contributed by atoms with van der Waals surface area (Å²) in [7, 11) is 0. The monoisotopic (exact) mass is 534 g/mol. The molecule has 0 bridgehead atoms. The van der Waals surface area contributed by atoms with E-state index in [0.29, 0.717) is 32.2 Å². The first-order valence-corrected chi connectivity index (χ1v) is 12.0. The number of nitrogens with zero attached hydrogens (tertiary/aromatic N) is 1. The first-order valence-electron chi connectivity index (χ1n) is 11.4. The summed E-state index contributed by atoms with van der Waals surface area (Å²) in [5.41, 5.74) is 21.9. The van der Waals surface area contributed by atoms with Gasteiger partial charge in [-0.1, -0.05) is 6.42 Å². The zero-order valence-corrected chi connectivity index (χ0v) is 20.9. The highest BCUT2D eigenvalue weighted by Crippen LogP contribution is 2.05. The normalized spacial score (nSPS) is 14.0. The summed E-state index contributed by atoms with van der Waals surface area (Å²) in [6, 6.07) is -4.71. The Bertz CT molecular complexity index is 779. The Morgan fingerprint density at radius 2 is 1.39 bits per heavy atom. The lowest BCUT2D eigenvalue weighted by Gasteiger charge is -2.24. The summed E-state index contributed by atoms with van der Waals surface area (Å²) >= 11 is 4.04. The van der Waals surface area contributed by atoms with Gasteiger partial charge in [0.1, 0.15) is 18.1 Å². The van der Waals surface area contributed by atoms with Crippen molar-refractivity contribution >= 4 is 48.2 Å². The van der Waals surface area contributed by atoms with Crippen LogP contribution in [0.3, 0.4) is 0 Å². The highest BCUT2D eigenvalue weighted by atomic mass is 32.1. The lowest BCUT2D eigenvalue weighted by molar-refractivity contribution is -0.143. The molecule has 0 saturated heterocycles. The first-order chi connectivity index (χ1) is 16.9. The quantitative estimate of drug-likeness (QED) is 0.0341. The highest BCUT2D eigenvalue weighted by Gasteiger charge is 2.29. The van der Waals surface area contributed by atoms with Crippen LogP contribution in [0.4, 0.5) is 0 Å². The van der Waals surface area contributed by atoms with Gasteiger partial charge in [-0.05, 0) is 38.6 Å². The van der Waals surface area contributed by atoms with Crippen molar-refractivity contribution in [2.45, 2.75) is 69.1 Å². The lowest BCUT2D eigenvalue weighted by atomic mass is 10.1. The van der Waals surface area contributed by atoms with Crippen LogP contribution in [-0.2, 0) is 24.0 Å². The number of nitrogens with two attached hydrogens (primary N) is 4. The van der Waals surface area contributed by atoms with Crippen molar-refractivity contribution in [3.05, 3.63) is 0 Å². The minimum Gasteiger partial charge on any atom is -0.481 e. The van der Waals surface area contributed by atoms with Gasteiger partial charge in [0, 0.05) is 18.7 Å². The molecule has 4 unspecified atom stereocenters. The Morgan fingerprint density at radius 1 is 0.806 bits per heavy atom. The summed E-state index contributed by atoms with van der Waals surface area (Å²) in [6.07, 6.45) is 1.26. The van der Waals surface area contributed by atoms with E-state index < -0.39 is 60.2 Å². The molecule has 0 radical (unpaired) electrons. The maximum atomic E-state index is 12.9. The molecule has 3 amide bonds. The Kier molecular flexibility index (Phi) is 16.6. The van der Waals surface area contributed by atoms with Crippen LogP contribution in [0, 0.1) is 0 Å². The maximum absolute atomic E-state index is 12.9. The number of rotatable bonds is 19. The molecule has 0 spiro atoms. The van der Waals surface area contributed by atoms with Crippen LogP contribution in [0.1, 0.15) is 44.9 Å². The van der Waals surface area contributed by atoms with E-state index in [4.69, 9.17) is 28.0 Å². The van der Waals surface area contributed by atoms with Crippen molar-refractivity contribution in [3.8, 4) is 0 Å². The molecule has 0 fully saturated rings. The molecule has 0 aromatic rings. The SMILES string of the molecule is NCCCCC(N)C(=O)NC(CCCN=C(N)N)C(=O)NC(CS)C(=O)NC(CCC(=O)O)C(=O)O. The number of hydrogen-bond acceptors (Lipinski definition) is 9. The Morgan fingerprint density at radius 3 is 1.92 bits per heavy atom. The molecule has 0 aliphatic heterocycles. The number of guanidine groups is 1. The molecule has 16 heteroatoms. The van der Waals surface area contributed by atoms with Crippen LogP contribution in [0.25, 0.3) is 0 Å². The number of amides is 3. The van der Waals surface area contributed by atoms with Gasteiger partial charge < -0.3 is 49.1 Å². The molecule has 0 rings (SSSR count).